The predicted molar refractivity (Wildman–Crippen MR) is 66.8 cm³/mol. The fraction of sp³-hybridized carbons (Fsp3) is 0.636. The number of nitrogens with two attached hydrogens (primary N) is 1. The minimum atomic E-state index is -0.128. The van der Waals surface area contributed by atoms with Gasteiger partial charge in [-0.25, -0.2) is 4.98 Å². The number of thiazole rings is 1. The highest BCUT2D eigenvalue weighted by atomic mass is 32.1. The zero-order chi connectivity index (χ0) is 12.3. The molecule has 2 rings (SSSR count). The molecule has 1 amide bonds. The van der Waals surface area contributed by atoms with E-state index in [-0.39, 0.29) is 17.9 Å². The van der Waals surface area contributed by atoms with Crippen molar-refractivity contribution in [2.45, 2.75) is 31.3 Å². The zero-order valence-electron chi connectivity index (χ0n) is 9.86. The molecule has 1 aromatic heterocycles. The van der Waals surface area contributed by atoms with Gasteiger partial charge in [-0.1, -0.05) is 0 Å². The molecule has 1 heterocycles. The molecule has 0 saturated heterocycles. The molecule has 1 aliphatic rings. The van der Waals surface area contributed by atoms with Gasteiger partial charge in [0.2, 0.25) is 5.91 Å². The maximum absolute atomic E-state index is 11.7. The van der Waals surface area contributed by atoms with Crippen molar-refractivity contribution in [2.75, 3.05) is 19.4 Å². The summed E-state index contributed by atoms with van der Waals surface area (Å²) in [7, 11) is 1.70. The van der Waals surface area contributed by atoms with E-state index in [0.29, 0.717) is 11.7 Å². The monoisotopic (exact) mass is 255 g/mol. The summed E-state index contributed by atoms with van der Waals surface area (Å²) in [4.78, 5) is 15.7. The van der Waals surface area contributed by atoms with Crippen molar-refractivity contribution in [1.29, 1.82) is 0 Å². The average Bonchev–Trinajstić information content (AvgIpc) is 2.63. The minimum absolute atomic E-state index is 0.0291. The number of hydrogen-bond acceptors (Lipinski definition) is 5. The van der Waals surface area contributed by atoms with E-state index < -0.39 is 0 Å². The van der Waals surface area contributed by atoms with E-state index in [0.717, 1.165) is 18.5 Å². The Bertz CT molecular complexity index is 396. The van der Waals surface area contributed by atoms with E-state index in [1.165, 1.54) is 17.8 Å². The van der Waals surface area contributed by atoms with Gasteiger partial charge in [-0.15, -0.1) is 11.3 Å². The molecule has 0 aliphatic heterocycles. The molecule has 94 valence electrons. The number of nitrogens with one attached hydrogen (secondary N) is 1. The largest absolute Gasteiger partial charge is 0.376 e. The van der Waals surface area contributed by atoms with E-state index >= 15 is 0 Å². The Balaban J connectivity index is 1.78. The second kappa shape index (κ2) is 5.01. The molecule has 0 spiro atoms. The quantitative estimate of drug-likeness (QED) is 0.821. The Morgan fingerprint density at radius 1 is 1.71 bits per heavy atom. The van der Waals surface area contributed by atoms with Gasteiger partial charge in [-0.05, 0) is 19.3 Å². The van der Waals surface area contributed by atoms with Gasteiger partial charge in [0.15, 0.2) is 5.13 Å². The van der Waals surface area contributed by atoms with E-state index in [1.807, 2.05) is 5.38 Å². The number of nitrogen functional groups attached to an aromatic ring is 1. The first-order valence-electron chi connectivity index (χ1n) is 5.65. The summed E-state index contributed by atoms with van der Waals surface area (Å²) in [6.45, 7) is 0.585. The van der Waals surface area contributed by atoms with Crippen LogP contribution in [0.15, 0.2) is 5.38 Å². The van der Waals surface area contributed by atoms with Crippen LogP contribution in [0, 0.1) is 0 Å². The highest BCUT2D eigenvalue weighted by Gasteiger charge is 2.37. The lowest BCUT2D eigenvalue weighted by Crippen LogP contribution is -2.49. The zero-order valence-corrected chi connectivity index (χ0v) is 10.7. The summed E-state index contributed by atoms with van der Waals surface area (Å²) in [5.74, 6) is -0.0291. The van der Waals surface area contributed by atoms with Crippen molar-refractivity contribution in [2.24, 2.45) is 0 Å². The van der Waals surface area contributed by atoms with Crippen LogP contribution >= 0.6 is 11.3 Å². The smallest absolute Gasteiger partial charge is 0.226 e. The first-order valence-corrected chi connectivity index (χ1v) is 6.53. The molecule has 0 atom stereocenters. The van der Waals surface area contributed by atoms with Gasteiger partial charge in [0.25, 0.3) is 0 Å². The molecule has 6 heteroatoms. The Morgan fingerprint density at radius 2 is 2.47 bits per heavy atom. The number of aromatic nitrogens is 1. The fourth-order valence-corrected chi connectivity index (χ4v) is 2.48. The van der Waals surface area contributed by atoms with E-state index in [2.05, 4.69) is 10.3 Å². The van der Waals surface area contributed by atoms with Crippen LogP contribution in [0.1, 0.15) is 25.0 Å². The molecule has 1 aromatic rings. The summed E-state index contributed by atoms with van der Waals surface area (Å²) in [5, 5.41) is 5.20. The highest BCUT2D eigenvalue weighted by Crippen LogP contribution is 2.34. The summed E-state index contributed by atoms with van der Waals surface area (Å²) in [6.07, 6.45) is 3.50. The third-order valence-corrected chi connectivity index (χ3v) is 3.94. The van der Waals surface area contributed by atoms with Crippen LogP contribution in [0.4, 0.5) is 5.13 Å². The Labute approximate surface area is 104 Å². The molecule has 5 nitrogen and oxygen atoms in total. The lowest BCUT2D eigenvalue weighted by molar-refractivity contribution is -0.124. The fourth-order valence-electron chi connectivity index (χ4n) is 1.91. The maximum Gasteiger partial charge on any atom is 0.226 e. The number of rotatable bonds is 5. The molecule has 3 N–H and O–H groups in total. The van der Waals surface area contributed by atoms with Gasteiger partial charge in [0.1, 0.15) is 0 Å². The number of methoxy groups -OCH3 is 1. The standard InChI is InChI=1S/C11H17N3O2S/c1-16-11(3-2-4-11)7-13-9(15)5-8-6-17-10(12)14-8/h6H,2-5,7H2,1H3,(H2,12,14)(H,13,15). The van der Waals surface area contributed by atoms with Crippen molar-refractivity contribution < 1.29 is 9.53 Å². The van der Waals surface area contributed by atoms with Crippen LogP contribution in [-0.2, 0) is 16.0 Å². The van der Waals surface area contributed by atoms with Gasteiger partial charge in [0, 0.05) is 19.0 Å². The summed E-state index contributed by atoms with van der Waals surface area (Å²) >= 11 is 1.35. The number of nitrogens with zero attached hydrogens (tertiary/aromatic N) is 1. The van der Waals surface area contributed by atoms with Gasteiger partial charge >= 0.3 is 0 Å². The predicted octanol–water partition coefficient (Wildman–Crippen LogP) is 0.953. The maximum atomic E-state index is 11.7. The second-order valence-corrected chi connectivity index (χ2v) is 5.26. The van der Waals surface area contributed by atoms with E-state index in [1.54, 1.807) is 7.11 Å². The molecule has 17 heavy (non-hydrogen) atoms. The summed E-state index contributed by atoms with van der Waals surface area (Å²) in [5.41, 5.74) is 6.10. The van der Waals surface area contributed by atoms with E-state index in [4.69, 9.17) is 10.5 Å². The molecule has 0 bridgehead atoms. The number of anilines is 1. The lowest BCUT2D eigenvalue weighted by Gasteiger charge is -2.40. The van der Waals surface area contributed by atoms with Crippen LogP contribution in [0.25, 0.3) is 0 Å². The Hall–Kier alpha value is -1.14. The van der Waals surface area contributed by atoms with Crippen LogP contribution in [0.2, 0.25) is 0 Å². The molecule has 1 saturated carbocycles. The van der Waals surface area contributed by atoms with Crippen LogP contribution in [0.5, 0.6) is 0 Å². The summed E-state index contributed by atoms with van der Waals surface area (Å²) < 4.78 is 5.43. The SMILES string of the molecule is COC1(CNC(=O)Cc2csc(N)n2)CCC1. The van der Waals surface area contributed by atoms with Crippen LogP contribution in [-0.4, -0.2) is 30.1 Å². The highest BCUT2D eigenvalue weighted by molar-refractivity contribution is 7.13. The average molecular weight is 255 g/mol. The van der Waals surface area contributed by atoms with Crippen LogP contribution < -0.4 is 11.1 Å². The van der Waals surface area contributed by atoms with Crippen molar-refractivity contribution in [3.8, 4) is 0 Å². The van der Waals surface area contributed by atoms with Crippen LogP contribution in [0.3, 0.4) is 0 Å². The van der Waals surface area contributed by atoms with Crippen molar-refractivity contribution in [3.63, 3.8) is 0 Å². The van der Waals surface area contributed by atoms with Gasteiger partial charge < -0.3 is 15.8 Å². The first kappa shape index (κ1) is 12.3. The normalized spacial score (nSPS) is 17.5. The Morgan fingerprint density at radius 3 is 2.94 bits per heavy atom. The Kier molecular flexibility index (Phi) is 3.63. The number of carbonyl (C=O) groups excluding carboxylic acids is 1. The molecule has 1 aliphatic carbocycles. The first-order chi connectivity index (χ1) is 8.13. The van der Waals surface area contributed by atoms with Gasteiger partial charge in [-0.2, -0.15) is 0 Å². The van der Waals surface area contributed by atoms with Crippen molar-refractivity contribution in [3.05, 3.63) is 11.1 Å². The molecule has 1 fully saturated rings. The second-order valence-electron chi connectivity index (χ2n) is 4.37. The molecule has 0 aromatic carbocycles. The molecular formula is C11H17N3O2S. The summed E-state index contributed by atoms with van der Waals surface area (Å²) in [6, 6.07) is 0. The number of hydrogen-bond donors (Lipinski definition) is 2. The lowest BCUT2D eigenvalue weighted by atomic mass is 9.80. The minimum Gasteiger partial charge on any atom is -0.376 e. The van der Waals surface area contributed by atoms with Crippen molar-refractivity contribution >= 4 is 22.4 Å². The number of amides is 1. The topological polar surface area (TPSA) is 77.2 Å². The molecule has 0 radical (unpaired) electrons. The van der Waals surface area contributed by atoms with Gasteiger partial charge in [0.05, 0.1) is 17.7 Å². The number of carbonyl (C=O) groups is 1. The molecular weight excluding hydrogens is 238 g/mol. The number of ether oxygens (including phenoxy) is 1. The third-order valence-electron chi connectivity index (χ3n) is 3.22. The van der Waals surface area contributed by atoms with E-state index in [9.17, 15) is 4.79 Å². The van der Waals surface area contributed by atoms with Crippen molar-refractivity contribution in [1.82, 2.24) is 10.3 Å². The molecule has 0 unspecified atom stereocenters. The third kappa shape index (κ3) is 2.95. The van der Waals surface area contributed by atoms with Gasteiger partial charge in [-0.3, -0.25) is 4.79 Å².